The van der Waals surface area contributed by atoms with Crippen LogP contribution in [-0.2, 0) is 11.2 Å². The minimum Gasteiger partial charge on any atom is -0.454 e. The number of rotatable bonds is 6. The number of hydrogen-bond donors (Lipinski definition) is 1. The highest BCUT2D eigenvalue weighted by atomic mass is 16.7. The van der Waals surface area contributed by atoms with Gasteiger partial charge in [-0.15, -0.1) is 0 Å². The topological polar surface area (TPSA) is 47.6 Å². The Hall–Kier alpha value is -2.49. The average Bonchev–Trinajstić information content (AvgIpc) is 3.06. The first kappa shape index (κ1) is 16.4. The number of benzene rings is 2. The fourth-order valence-electron chi connectivity index (χ4n) is 2.84. The zero-order chi connectivity index (χ0) is 16.9. The van der Waals surface area contributed by atoms with E-state index < -0.39 is 0 Å². The number of amides is 1. The number of ether oxygens (including phenoxy) is 2. The van der Waals surface area contributed by atoms with Crippen molar-refractivity contribution in [2.75, 3.05) is 6.79 Å². The maximum Gasteiger partial charge on any atom is 0.231 e. The van der Waals surface area contributed by atoms with Crippen molar-refractivity contribution in [2.24, 2.45) is 0 Å². The van der Waals surface area contributed by atoms with Crippen molar-refractivity contribution in [1.29, 1.82) is 0 Å². The van der Waals surface area contributed by atoms with Gasteiger partial charge in [-0.1, -0.05) is 42.8 Å². The molecule has 24 heavy (non-hydrogen) atoms. The van der Waals surface area contributed by atoms with E-state index in [9.17, 15) is 4.79 Å². The lowest BCUT2D eigenvalue weighted by atomic mass is 10.0. The molecule has 1 atom stereocenters. The van der Waals surface area contributed by atoms with E-state index in [4.69, 9.17) is 9.47 Å². The monoisotopic (exact) mass is 325 g/mol. The van der Waals surface area contributed by atoms with E-state index in [0.717, 1.165) is 29.0 Å². The van der Waals surface area contributed by atoms with E-state index in [1.54, 1.807) is 0 Å². The molecular weight excluding hydrogens is 302 g/mol. The minimum atomic E-state index is 0.0647. The molecule has 4 nitrogen and oxygen atoms in total. The van der Waals surface area contributed by atoms with Gasteiger partial charge in [-0.2, -0.15) is 0 Å². The van der Waals surface area contributed by atoms with Crippen LogP contribution in [0.4, 0.5) is 0 Å². The van der Waals surface area contributed by atoms with Crippen LogP contribution in [-0.4, -0.2) is 12.7 Å². The molecule has 0 unspecified atom stereocenters. The van der Waals surface area contributed by atoms with Gasteiger partial charge in [0.15, 0.2) is 11.5 Å². The number of hydrogen-bond acceptors (Lipinski definition) is 3. The van der Waals surface area contributed by atoms with Gasteiger partial charge < -0.3 is 14.8 Å². The van der Waals surface area contributed by atoms with Crippen LogP contribution in [0.25, 0.3) is 0 Å². The summed E-state index contributed by atoms with van der Waals surface area (Å²) in [5.41, 5.74) is 3.46. The van der Waals surface area contributed by atoms with Gasteiger partial charge in [-0.05, 0) is 43.0 Å². The van der Waals surface area contributed by atoms with Gasteiger partial charge in [0.25, 0.3) is 0 Å². The smallest absolute Gasteiger partial charge is 0.231 e. The van der Waals surface area contributed by atoms with E-state index in [1.165, 1.54) is 5.56 Å². The molecule has 1 heterocycles. The summed E-state index contributed by atoms with van der Waals surface area (Å²) in [6, 6.07) is 14.2. The molecule has 1 N–H and O–H groups in total. The maximum atomic E-state index is 12.3. The summed E-state index contributed by atoms with van der Waals surface area (Å²) in [4.78, 5) is 12.3. The molecule has 0 radical (unpaired) electrons. The van der Waals surface area contributed by atoms with Gasteiger partial charge in [-0.25, -0.2) is 0 Å². The predicted molar refractivity (Wildman–Crippen MR) is 93.2 cm³/mol. The number of carbonyl (C=O) groups is 1. The van der Waals surface area contributed by atoms with Gasteiger partial charge in [-0.3, -0.25) is 4.79 Å². The normalized spacial score (nSPS) is 13.6. The highest BCUT2D eigenvalue weighted by Gasteiger charge is 2.15. The number of nitrogens with one attached hydrogen (secondary N) is 1. The van der Waals surface area contributed by atoms with Gasteiger partial charge in [0.2, 0.25) is 12.7 Å². The second-order valence-electron chi connectivity index (χ2n) is 6.13. The van der Waals surface area contributed by atoms with Crippen LogP contribution in [0.5, 0.6) is 11.5 Å². The summed E-state index contributed by atoms with van der Waals surface area (Å²) >= 11 is 0. The van der Waals surface area contributed by atoms with Crippen LogP contribution in [0.3, 0.4) is 0 Å². The Balaban J connectivity index is 1.55. The summed E-state index contributed by atoms with van der Waals surface area (Å²) in [6.07, 6.45) is 2.02. The molecule has 2 aromatic rings. The largest absolute Gasteiger partial charge is 0.454 e. The Morgan fingerprint density at radius 2 is 1.88 bits per heavy atom. The number of fused-ring (bicyclic) bond motifs is 1. The lowest BCUT2D eigenvalue weighted by molar-refractivity contribution is -0.121. The molecule has 126 valence electrons. The van der Waals surface area contributed by atoms with Crippen LogP contribution in [0.2, 0.25) is 0 Å². The quantitative estimate of drug-likeness (QED) is 0.875. The van der Waals surface area contributed by atoms with Gasteiger partial charge in [0.05, 0.1) is 6.04 Å². The minimum absolute atomic E-state index is 0.0647. The lowest BCUT2D eigenvalue weighted by Crippen LogP contribution is -2.28. The van der Waals surface area contributed by atoms with Crippen LogP contribution < -0.4 is 14.8 Å². The fraction of sp³-hybridized carbons (Fsp3) is 0.350. The van der Waals surface area contributed by atoms with Gasteiger partial charge >= 0.3 is 0 Å². The van der Waals surface area contributed by atoms with Crippen molar-refractivity contribution < 1.29 is 14.3 Å². The maximum absolute atomic E-state index is 12.3. The molecule has 0 saturated heterocycles. The SMILES string of the molecule is CC[C@H](NC(=O)CCc1ccc2c(c1)OCO2)c1ccc(C)cc1. The van der Waals surface area contributed by atoms with E-state index >= 15 is 0 Å². The van der Waals surface area contributed by atoms with E-state index in [-0.39, 0.29) is 18.7 Å². The Kier molecular flexibility index (Phi) is 5.04. The molecule has 1 aliphatic heterocycles. The summed E-state index contributed by atoms with van der Waals surface area (Å²) in [7, 11) is 0. The standard InChI is InChI=1S/C20H23NO3/c1-3-17(16-8-4-14(2)5-9-16)21-20(22)11-7-15-6-10-18-19(12-15)24-13-23-18/h4-6,8-10,12,17H,3,7,11,13H2,1-2H3,(H,21,22)/t17-/m0/s1. The molecule has 2 aromatic carbocycles. The summed E-state index contributed by atoms with van der Waals surface area (Å²) in [6.45, 7) is 4.42. The molecule has 0 aromatic heterocycles. The highest BCUT2D eigenvalue weighted by Crippen LogP contribution is 2.32. The van der Waals surface area contributed by atoms with Crippen molar-refractivity contribution in [3.05, 3.63) is 59.2 Å². The molecule has 0 fully saturated rings. The molecule has 0 aliphatic carbocycles. The Labute approximate surface area is 142 Å². The summed E-state index contributed by atoms with van der Waals surface area (Å²) < 4.78 is 10.7. The van der Waals surface area contributed by atoms with Crippen molar-refractivity contribution in [3.8, 4) is 11.5 Å². The molecule has 0 bridgehead atoms. The van der Waals surface area contributed by atoms with Gasteiger partial charge in [0.1, 0.15) is 0 Å². The first-order chi connectivity index (χ1) is 11.7. The third kappa shape index (κ3) is 3.88. The zero-order valence-corrected chi connectivity index (χ0v) is 14.2. The number of carbonyl (C=O) groups excluding carboxylic acids is 1. The number of aryl methyl sites for hydroxylation is 2. The van der Waals surface area contributed by atoms with E-state index in [0.29, 0.717) is 12.8 Å². The van der Waals surface area contributed by atoms with Crippen molar-refractivity contribution in [3.63, 3.8) is 0 Å². The molecule has 3 rings (SSSR count). The Bertz CT molecular complexity index is 709. The van der Waals surface area contributed by atoms with Gasteiger partial charge in [0, 0.05) is 6.42 Å². The fourth-order valence-corrected chi connectivity index (χ4v) is 2.84. The lowest BCUT2D eigenvalue weighted by Gasteiger charge is -2.17. The second-order valence-corrected chi connectivity index (χ2v) is 6.13. The third-order valence-electron chi connectivity index (χ3n) is 4.30. The Morgan fingerprint density at radius 1 is 1.12 bits per heavy atom. The zero-order valence-electron chi connectivity index (χ0n) is 14.2. The van der Waals surface area contributed by atoms with Crippen LogP contribution in [0, 0.1) is 6.92 Å². The molecule has 0 saturated carbocycles. The second kappa shape index (κ2) is 7.39. The van der Waals surface area contributed by atoms with E-state index in [1.807, 2.05) is 18.2 Å². The van der Waals surface area contributed by atoms with Crippen LogP contribution >= 0.6 is 0 Å². The average molecular weight is 325 g/mol. The highest BCUT2D eigenvalue weighted by molar-refractivity contribution is 5.76. The molecular formula is C20H23NO3. The molecule has 4 heteroatoms. The third-order valence-corrected chi connectivity index (χ3v) is 4.30. The summed E-state index contributed by atoms with van der Waals surface area (Å²) in [5.74, 6) is 1.60. The van der Waals surface area contributed by atoms with Crippen LogP contribution in [0.15, 0.2) is 42.5 Å². The molecule has 1 aliphatic rings. The molecule has 0 spiro atoms. The Morgan fingerprint density at radius 3 is 2.62 bits per heavy atom. The van der Waals surface area contributed by atoms with E-state index in [2.05, 4.69) is 43.4 Å². The first-order valence-corrected chi connectivity index (χ1v) is 8.40. The van der Waals surface area contributed by atoms with Crippen molar-refractivity contribution in [2.45, 2.75) is 39.2 Å². The van der Waals surface area contributed by atoms with Crippen LogP contribution in [0.1, 0.15) is 42.5 Å². The van der Waals surface area contributed by atoms with Crippen molar-refractivity contribution in [1.82, 2.24) is 5.32 Å². The molecule has 1 amide bonds. The van der Waals surface area contributed by atoms with Crippen molar-refractivity contribution >= 4 is 5.91 Å². The predicted octanol–water partition coefficient (Wildman–Crippen LogP) is 3.92. The summed E-state index contributed by atoms with van der Waals surface area (Å²) in [5, 5.41) is 3.13. The first-order valence-electron chi connectivity index (χ1n) is 8.40.